The molecule has 1 nitrogen and oxygen atoms in total. The van der Waals surface area contributed by atoms with Crippen molar-refractivity contribution >= 4 is 38.9 Å². The van der Waals surface area contributed by atoms with Gasteiger partial charge in [-0.15, -0.1) is 11.3 Å². The average Bonchev–Trinajstić information content (AvgIpc) is 2.78. The van der Waals surface area contributed by atoms with Crippen LogP contribution in [0.3, 0.4) is 0 Å². The van der Waals surface area contributed by atoms with Crippen molar-refractivity contribution in [3.8, 4) is 0 Å². The van der Waals surface area contributed by atoms with Gasteiger partial charge < -0.3 is 5.32 Å². The lowest BCUT2D eigenvalue weighted by molar-refractivity contribution is 0.547. The van der Waals surface area contributed by atoms with E-state index in [4.69, 9.17) is 11.6 Å². The minimum atomic E-state index is -0.275. The fraction of sp³-hybridized carbons (Fsp3) is 0.286. The van der Waals surface area contributed by atoms with E-state index in [1.165, 1.54) is 6.07 Å². The zero-order chi connectivity index (χ0) is 13.8. The van der Waals surface area contributed by atoms with Crippen LogP contribution >= 0.6 is 38.9 Å². The monoisotopic (exact) mass is 361 g/mol. The van der Waals surface area contributed by atoms with Gasteiger partial charge in [-0.25, -0.2) is 4.39 Å². The van der Waals surface area contributed by atoms with E-state index in [9.17, 15) is 4.39 Å². The van der Waals surface area contributed by atoms with Gasteiger partial charge in [0.2, 0.25) is 0 Å². The molecule has 102 valence electrons. The minimum Gasteiger partial charge on any atom is -0.306 e. The number of rotatable bonds is 5. The molecule has 0 aliphatic heterocycles. The number of halogens is 3. The molecule has 0 aliphatic carbocycles. The molecule has 2 rings (SSSR count). The van der Waals surface area contributed by atoms with Crippen LogP contribution in [0, 0.1) is 5.82 Å². The first-order valence-electron chi connectivity index (χ1n) is 6.04. The van der Waals surface area contributed by atoms with Crippen LogP contribution in [0.2, 0.25) is 5.02 Å². The van der Waals surface area contributed by atoms with E-state index in [0.29, 0.717) is 10.6 Å². The molecule has 0 saturated heterocycles. The summed E-state index contributed by atoms with van der Waals surface area (Å²) in [5.74, 6) is -0.275. The normalized spacial score (nSPS) is 12.6. The third-order valence-electron chi connectivity index (χ3n) is 2.79. The number of hydrogen-bond acceptors (Lipinski definition) is 2. The van der Waals surface area contributed by atoms with Crippen molar-refractivity contribution in [1.82, 2.24) is 5.32 Å². The quantitative estimate of drug-likeness (QED) is 0.751. The molecule has 1 unspecified atom stereocenters. The van der Waals surface area contributed by atoms with Gasteiger partial charge >= 0.3 is 0 Å². The highest BCUT2D eigenvalue weighted by Gasteiger charge is 2.18. The predicted molar refractivity (Wildman–Crippen MR) is 83.6 cm³/mol. The smallest absolute Gasteiger partial charge is 0.129 e. The highest BCUT2D eigenvalue weighted by Crippen LogP contribution is 2.31. The van der Waals surface area contributed by atoms with Crippen LogP contribution in [0.25, 0.3) is 0 Å². The van der Waals surface area contributed by atoms with E-state index in [0.717, 1.165) is 22.3 Å². The van der Waals surface area contributed by atoms with E-state index in [1.54, 1.807) is 23.5 Å². The standard InChI is InChI=1S/C14H14BrClFNS/c1-2-5-18-14(9-6-13(15)19-8-9)11-4-3-10(16)7-12(11)17/h3-4,6-8,14,18H,2,5H2,1H3. The molecule has 1 heterocycles. The molecule has 0 fully saturated rings. The molecule has 1 aromatic heterocycles. The number of nitrogens with one attached hydrogen (secondary N) is 1. The zero-order valence-electron chi connectivity index (χ0n) is 10.4. The van der Waals surface area contributed by atoms with Crippen molar-refractivity contribution in [1.29, 1.82) is 0 Å². The molecular formula is C14H14BrClFNS. The molecule has 5 heteroatoms. The lowest BCUT2D eigenvalue weighted by atomic mass is 10.0. The number of thiophene rings is 1. The van der Waals surface area contributed by atoms with Crippen molar-refractivity contribution < 1.29 is 4.39 Å². The summed E-state index contributed by atoms with van der Waals surface area (Å²) in [6, 6.07) is 6.71. The van der Waals surface area contributed by atoms with Crippen molar-refractivity contribution in [2.24, 2.45) is 0 Å². The average molecular weight is 363 g/mol. The predicted octanol–water partition coefficient (Wildman–Crippen LogP) is 5.39. The lowest BCUT2D eigenvalue weighted by Crippen LogP contribution is -2.23. The second-order valence-electron chi connectivity index (χ2n) is 4.24. The highest BCUT2D eigenvalue weighted by molar-refractivity contribution is 9.11. The summed E-state index contributed by atoms with van der Waals surface area (Å²) in [4.78, 5) is 0. The Hall–Kier alpha value is -0.420. The molecule has 19 heavy (non-hydrogen) atoms. The van der Waals surface area contributed by atoms with Crippen molar-refractivity contribution in [3.05, 3.63) is 55.4 Å². The Morgan fingerprint density at radius 1 is 1.42 bits per heavy atom. The van der Waals surface area contributed by atoms with Crippen molar-refractivity contribution in [2.45, 2.75) is 19.4 Å². The van der Waals surface area contributed by atoms with Crippen LogP contribution in [0.1, 0.15) is 30.5 Å². The van der Waals surface area contributed by atoms with Crippen LogP contribution in [0.5, 0.6) is 0 Å². The molecule has 0 spiro atoms. The Bertz CT molecular complexity index is 558. The molecule has 0 bridgehead atoms. The van der Waals surface area contributed by atoms with Crippen LogP contribution < -0.4 is 5.32 Å². The van der Waals surface area contributed by atoms with E-state index in [-0.39, 0.29) is 11.9 Å². The first kappa shape index (κ1) is 15.0. The van der Waals surface area contributed by atoms with Crippen LogP contribution in [0.4, 0.5) is 4.39 Å². The molecular weight excluding hydrogens is 349 g/mol. The molecule has 1 atom stereocenters. The van der Waals surface area contributed by atoms with Gasteiger partial charge in [-0.1, -0.05) is 24.6 Å². The molecule has 2 aromatic rings. The van der Waals surface area contributed by atoms with Gasteiger partial charge in [0, 0.05) is 10.6 Å². The summed E-state index contributed by atoms with van der Waals surface area (Å²) in [5.41, 5.74) is 1.69. The topological polar surface area (TPSA) is 12.0 Å². The van der Waals surface area contributed by atoms with E-state index >= 15 is 0 Å². The summed E-state index contributed by atoms with van der Waals surface area (Å²) >= 11 is 10.9. The second kappa shape index (κ2) is 6.84. The molecule has 0 aliphatic rings. The van der Waals surface area contributed by atoms with Crippen molar-refractivity contribution in [2.75, 3.05) is 6.54 Å². The maximum atomic E-state index is 14.1. The summed E-state index contributed by atoms with van der Waals surface area (Å²) in [6.45, 7) is 2.92. The maximum Gasteiger partial charge on any atom is 0.129 e. The first-order chi connectivity index (χ1) is 9.11. The van der Waals surface area contributed by atoms with Gasteiger partial charge in [0.05, 0.1) is 9.83 Å². The highest BCUT2D eigenvalue weighted by atomic mass is 79.9. The van der Waals surface area contributed by atoms with Gasteiger partial charge in [-0.2, -0.15) is 0 Å². The maximum absolute atomic E-state index is 14.1. The Morgan fingerprint density at radius 2 is 2.21 bits per heavy atom. The summed E-state index contributed by atoms with van der Waals surface area (Å²) < 4.78 is 15.1. The molecule has 0 radical (unpaired) electrons. The molecule has 1 aromatic carbocycles. The zero-order valence-corrected chi connectivity index (χ0v) is 13.6. The number of benzene rings is 1. The summed E-state index contributed by atoms with van der Waals surface area (Å²) in [6.07, 6.45) is 0.997. The van der Waals surface area contributed by atoms with E-state index in [1.807, 2.05) is 11.4 Å². The fourth-order valence-corrected chi connectivity index (χ4v) is 3.27. The molecule has 0 amide bonds. The van der Waals surface area contributed by atoms with E-state index < -0.39 is 0 Å². The lowest BCUT2D eigenvalue weighted by Gasteiger charge is -2.19. The van der Waals surface area contributed by atoms with Crippen LogP contribution in [-0.4, -0.2) is 6.54 Å². The Balaban J connectivity index is 2.36. The summed E-state index contributed by atoms with van der Waals surface area (Å²) in [5, 5.41) is 5.83. The van der Waals surface area contributed by atoms with Crippen LogP contribution in [-0.2, 0) is 0 Å². The van der Waals surface area contributed by atoms with Gasteiger partial charge in [0.15, 0.2) is 0 Å². The SMILES string of the molecule is CCCNC(c1csc(Br)c1)c1ccc(Cl)cc1F. The van der Waals surface area contributed by atoms with E-state index in [2.05, 4.69) is 28.2 Å². The molecule has 0 saturated carbocycles. The van der Waals surface area contributed by atoms with Gasteiger partial charge in [-0.05, 0) is 58.0 Å². The van der Waals surface area contributed by atoms with Crippen LogP contribution in [0.15, 0.2) is 33.4 Å². The van der Waals surface area contributed by atoms with Crippen molar-refractivity contribution in [3.63, 3.8) is 0 Å². The molecule has 1 N–H and O–H groups in total. The third-order valence-corrected chi connectivity index (χ3v) is 4.55. The third kappa shape index (κ3) is 3.78. The summed E-state index contributed by atoms with van der Waals surface area (Å²) in [7, 11) is 0. The Morgan fingerprint density at radius 3 is 2.79 bits per heavy atom. The largest absolute Gasteiger partial charge is 0.306 e. The Labute approximate surface area is 129 Å². The Kier molecular flexibility index (Phi) is 5.39. The number of hydrogen-bond donors (Lipinski definition) is 1. The van der Waals surface area contributed by atoms with Gasteiger partial charge in [-0.3, -0.25) is 0 Å². The second-order valence-corrected chi connectivity index (χ2v) is 6.96. The van der Waals surface area contributed by atoms with Gasteiger partial charge in [0.25, 0.3) is 0 Å². The van der Waals surface area contributed by atoms with Gasteiger partial charge in [0.1, 0.15) is 5.82 Å². The first-order valence-corrected chi connectivity index (χ1v) is 8.09. The fourth-order valence-electron chi connectivity index (χ4n) is 1.91. The minimum absolute atomic E-state index is 0.139.